The predicted octanol–water partition coefficient (Wildman–Crippen LogP) is 4.18. The van der Waals surface area contributed by atoms with Crippen molar-refractivity contribution >= 4 is 45.6 Å². The third-order valence-electron chi connectivity index (χ3n) is 5.38. The maximum absolute atomic E-state index is 6.13. The molecular weight excluding hydrogens is 495 g/mol. The van der Waals surface area contributed by atoms with Gasteiger partial charge in [0.25, 0.3) is 5.89 Å². The Hall–Kier alpha value is -3.18. The highest BCUT2D eigenvalue weighted by Crippen LogP contribution is 2.35. The zero-order valence-electron chi connectivity index (χ0n) is 18.8. The molecule has 1 atom stereocenters. The molecule has 1 aliphatic rings. The summed E-state index contributed by atoms with van der Waals surface area (Å²) in [6.07, 6.45) is 2.06. The second-order valence-electron chi connectivity index (χ2n) is 7.79. The fourth-order valence-electron chi connectivity index (χ4n) is 3.67. The van der Waals surface area contributed by atoms with E-state index in [1.165, 1.54) is 6.33 Å². The molecule has 0 bridgehead atoms. The molecular formula is C23H22Cl2N6O4. The summed E-state index contributed by atoms with van der Waals surface area (Å²) in [5, 5.41) is 12.2. The molecule has 0 spiro atoms. The zero-order valence-corrected chi connectivity index (χ0v) is 20.3. The molecule has 1 unspecified atom stereocenters. The molecule has 0 aliphatic carbocycles. The molecule has 1 saturated heterocycles. The van der Waals surface area contributed by atoms with Crippen molar-refractivity contribution in [3.8, 4) is 11.5 Å². The van der Waals surface area contributed by atoms with Crippen LogP contribution < -0.4 is 20.1 Å². The van der Waals surface area contributed by atoms with E-state index in [0.717, 1.165) is 24.2 Å². The van der Waals surface area contributed by atoms with Gasteiger partial charge in [-0.1, -0.05) is 28.4 Å². The van der Waals surface area contributed by atoms with E-state index in [-0.39, 0.29) is 12.7 Å². The Morgan fingerprint density at radius 3 is 2.86 bits per heavy atom. The molecule has 3 heterocycles. The molecule has 2 aromatic carbocycles. The standard InChI is InChI=1S/C23H22Cl2N6O4/c1-32-19-8-15-18(27-12-28-23(15)29-13-2-3-16(24)17(25)6-13)9-20(19)34-11-22-30-21(31-35-22)7-14-10-26-4-5-33-14/h2-3,6,8-9,12,14,26H,4-5,7,10-11H2,1H3,(H,27,28,29). The number of hydrogen-bond acceptors (Lipinski definition) is 10. The van der Waals surface area contributed by atoms with Gasteiger partial charge in [0.15, 0.2) is 23.9 Å². The van der Waals surface area contributed by atoms with E-state index in [0.29, 0.717) is 57.6 Å². The first kappa shape index (κ1) is 23.6. The van der Waals surface area contributed by atoms with Gasteiger partial charge in [-0.25, -0.2) is 9.97 Å². The number of anilines is 2. The maximum Gasteiger partial charge on any atom is 0.264 e. The Labute approximate surface area is 210 Å². The van der Waals surface area contributed by atoms with E-state index in [2.05, 4.69) is 30.7 Å². The van der Waals surface area contributed by atoms with Crippen molar-refractivity contribution in [3.63, 3.8) is 0 Å². The second-order valence-corrected chi connectivity index (χ2v) is 8.60. The number of methoxy groups -OCH3 is 1. The second kappa shape index (κ2) is 10.6. The molecule has 35 heavy (non-hydrogen) atoms. The average Bonchev–Trinajstić information content (AvgIpc) is 3.32. The minimum absolute atomic E-state index is 0.0297. The van der Waals surface area contributed by atoms with Crippen molar-refractivity contribution in [2.24, 2.45) is 0 Å². The van der Waals surface area contributed by atoms with Gasteiger partial charge in [0, 0.05) is 36.7 Å². The average molecular weight is 517 g/mol. The molecule has 5 rings (SSSR count). The Bertz CT molecular complexity index is 1330. The van der Waals surface area contributed by atoms with Crippen molar-refractivity contribution < 1.29 is 18.7 Å². The molecule has 182 valence electrons. The normalized spacial score (nSPS) is 15.8. The third kappa shape index (κ3) is 5.57. The van der Waals surface area contributed by atoms with Crippen LogP contribution in [0.25, 0.3) is 10.9 Å². The lowest BCUT2D eigenvalue weighted by Gasteiger charge is -2.22. The Morgan fingerprint density at radius 2 is 2.06 bits per heavy atom. The first-order chi connectivity index (χ1) is 17.1. The number of rotatable bonds is 8. The van der Waals surface area contributed by atoms with E-state index in [1.807, 2.05) is 6.07 Å². The summed E-state index contributed by atoms with van der Waals surface area (Å²) in [4.78, 5) is 13.1. The largest absolute Gasteiger partial charge is 0.493 e. The number of nitrogens with one attached hydrogen (secondary N) is 2. The number of morpholine rings is 1. The SMILES string of the molecule is COc1cc2c(Nc3ccc(Cl)c(Cl)c3)ncnc2cc1OCc1nc(CC2CNCCO2)no1. The molecule has 4 aromatic rings. The Morgan fingerprint density at radius 1 is 1.14 bits per heavy atom. The minimum atomic E-state index is 0.0297. The van der Waals surface area contributed by atoms with Crippen molar-refractivity contribution in [3.05, 3.63) is 58.4 Å². The fourth-order valence-corrected chi connectivity index (χ4v) is 3.97. The van der Waals surface area contributed by atoms with E-state index >= 15 is 0 Å². The van der Waals surface area contributed by atoms with Crippen LogP contribution in [0.4, 0.5) is 11.5 Å². The third-order valence-corrected chi connectivity index (χ3v) is 6.12. The number of hydrogen-bond donors (Lipinski definition) is 2. The summed E-state index contributed by atoms with van der Waals surface area (Å²) >= 11 is 12.2. The van der Waals surface area contributed by atoms with Crippen molar-refractivity contribution in [1.82, 2.24) is 25.4 Å². The van der Waals surface area contributed by atoms with Crippen LogP contribution in [-0.4, -0.2) is 53.0 Å². The van der Waals surface area contributed by atoms with Crippen molar-refractivity contribution in [1.29, 1.82) is 0 Å². The Kier molecular flexibility index (Phi) is 7.14. The minimum Gasteiger partial charge on any atom is -0.493 e. The number of nitrogens with zero attached hydrogens (tertiary/aromatic N) is 4. The van der Waals surface area contributed by atoms with Gasteiger partial charge in [-0.05, 0) is 24.3 Å². The summed E-state index contributed by atoms with van der Waals surface area (Å²) in [5.74, 6) is 2.51. The molecule has 12 heteroatoms. The van der Waals surface area contributed by atoms with Crippen molar-refractivity contribution in [2.75, 3.05) is 32.1 Å². The van der Waals surface area contributed by atoms with Crippen molar-refractivity contribution in [2.45, 2.75) is 19.1 Å². The molecule has 2 aromatic heterocycles. The molecule has 1 aliphatic heterocycles. The number of halogens is 2. The quantitative estimate of drug-likeness (QED) is 0.353. The number of ether oxygens (including phenoxy) is 3. The lowest BCUT2D eigenvalue weighted by atomic mass is 10.2. The van der Waals surface area contributed by atoms with Gasteiger partial charge >= 0.3 is 0 Å². The zero-order chi connectivity index (χ0) is 24.2. The summed E-state index contributed by atoms with van der Waals surface area (Å²) in [6.45, 7) is 2.37. The van der Waals surface area contributed by atoms with Gasteiger partial charge in [-0.15, -0.1) is 0 Å². The van der Waals surface area contributed by atoms with Crippen LogP contribution in [0.3, 0.4) is 0 Å². The fraction of sp³-hybridized carbons (Fsp3) is 0.304. The van der Waals surface area contributed by atoms with Gasteiger partial charge in [-0.2, -0.15) is 4.98 Å². The first-order valence-corrected chi connectivity index (χ1v) is 11.7. The maximum atomic E-state index is 6.13. The molecule has 10 nitrogen and oxygen atoms in total. The number of fused-ring (bicyclic) bond motifs is 1. The van der Waals surface area contributed by atoms with E-state index in [9.17, 15) is 0 Å². The van der Waals surface area contributed by atoms with Gasteiger partial charge in [-0.3, -0.25) is 0 Å². The number of benzene rings is 2. The molecule has 2 N–H and O–H groups in total. The molecule has 0 saturated carbocycles. The van der Waals surface area contributed by atoms with E-state index in [1.54, 1.807) is 31.4 Å². The lowest BCUT2D eigenvalue weighted by molar-refractivity contribution is 0.0277. The lowest BCUT2D eigenvalue weighted by Crippen LogP contribution is -2.39. The highest BCUT2D eigenvalue weighted by Gasteiger charge is 2.18. The highest BCUT2D eigenvalue weighted by molar-refractivity contribution is 6.42. The van der Waals surface area contributed by atoms with Crippen LogP contribution in [0.5, 0.6) is 11.5 Å². The van der Waals surface area contributed by atoms with Gasteiger partial charge in [0.05, 0.1) is 35.4 Å². The van der Waals surface area contributed by atoms with Crippen LogP contribution in [0.1, 0.15) is 11.7 Å². The predicted molar refractivity (Wildman–Crippen MR) is 131 cm³/mol. The van der Waals surface area contributed by atoms with Crippen LogP contribution in [-0.2, 0) is 17.8 Å². The highest BCUT2D eigenvalue weighted by atomic mass is 35.5. The van der Waals surface area contributed by atoms with Crippen LogP contribution >= 0.6 is 23.2 Å². The van der Waals surface area contributed by atoms with E-state index in [4.69, 9.17) is 41.9 Å². The summed E-state index contributed by atoms with van der Waals surface area (Å²) in [5.41, 5.74) is 1.40. The topological polar surface area (TPSA) is 116 Å². The molecule has 0 amide bonds. The summed E-state index contributed by atoms with van der Waals surface area (Å²) < 4.78 is 22.5. The first-order valence-electron chi connectivity index (χ1n) is 10.9. The summed E-state index contributed by atoms with van der Waals surface area (Å²) in [7, 11) is 1.56. The Balaban J connectivity index is 1.32. The van der Waals surface area contributed by atoms with Crippen LogP contribution in [0, 0.1) is 0 Å². The van der Waals surface area contributed by atoms with Gasteiger partial charge < -0.3 is 29.4 Å². The molecule has 1 fully saturated rings. The molecule has 0 radical (unpaired) electrons. The van der Waals surface area contributed by atoms with Gasteiger partial charge in [0.2, 0.25) is 0 Å². The van der Waals surface area contributed by atoms with Crippen LogP contribution in [0.15, 0.2) is 41.2 Å². The monoisotopic (exact) mass is 516 g/mol. The van der Waals surface area contributed by atoms with Gasteiger partial charge in [0.1, 0.15) is 12.1 Å². The van der Waals surface area contributed by atoms with Crippen LogP contribution in [0.2, 0.25) is 10.0 Å². The van der Waals surface area contributed by atoms with E-state index < -0.39 is 0 Å². The smallest absolute Gasteiger partial charge is 0.264 e. The summed E-state index contributed by atoms with van der Waals surface area (Å²) in [6, 6.07) is 8.82. The number of aromatic nitrogens is 4.